The molecule has 1 unspecified atom stereocenters. The number of benzene rings is 1. The van der Waals surface area contributed by atoms with Crippen LogP contribution in [-0.2, 0) is 9.67 Å². The molecule has 0 bridgehead atoms. The van der Waals surface area contributed by atoms with Crippen LogP contribution in [0.3, 0.4) is 0 Å². The summed E-state index contributed by atoms with van der Waals surface area (Å²) in [7, 11) is 0. The number of ether oxygens (including phenoxy) is 1. The van der Waals surface area contributed by atoms with Crippen molar-refractivity contribution in [1.82, 2.24) is 0 Å². The van der Waals surface area contributed by atoms with Gasteiger partial charge in [0.25, 0.3) is 0 Å². The predicted molar refractivity (Wildman–Crippen MR) is 56.6 cm³/mol. The summed E-state index contributed by atoms with van der Waals surface area (Å²) in [5, 5.41) is 0. The van der Waals surface area contributed by atoms with Gasteiger partial charge in [0, 0.05) is 11.4 Å². The number of rotatable bonds is 1. The predicted octanol–water partition coefficient (Wildman–Crippen LogP) is 2.20. The van der Waals surface area contributed by atoms with E-state index in [1.165, 1.54) is 5.56 Å². The third-order valence-electron chi connectivity index (χ3n) is 2.27. The van der Waals surface area contributed by atoms with Crippen molar-refractivity contribution in [2.45, 2.75) is 11.9 Å². The van der Waals surface area contributed by atoms with Crippen LogP contribution < -0.4 is 5.73 Å². The van der Waals surface area contributed by atoms with Crippen molar-refractivity contribution < 1.29 is 4.74 Å². The Labute approximate surface area is 82.5 Å². The summed E-state index contributed by atoms with van der Waals surface area (Å²) in [5.74, 6) is 1.07. The van der Waals surface area contributed by atoms with Crippen LogP contribution in [0.1, 0.15) is 12.5 Å². The molecule has 3 heteroatoms. The van der Waals surface area contributed by atoms with Crippen molar-refractivity contribution in [2.75, 3.05) is 18.1 Å². The molecule has 1 atom stereocenters. The van der Waals surface area contributed by atoms with Crippen LogP contribution in [0.25, 0.3) is 0 Å². The minimum Gasteiger partial charge on any atom is -0.399 e. The highest BCUT2D eigenvalue weighted by atomic mass is 32.2. The summed E-state index contributed by atoms with van der Waals surface area (Å²) < 4.78 is 5.69. The zero-order chi connectivity index (χ0) is 9.31. The van der Waals surface area contributed by atoms with E-state index in [1.807, 2.05) is 36.0 Å². The van der Waals surface area contributed by atoms with Gasteiger partial charge in [0.05, 0.1) is 6.61 Å². The molecule has 1 aromatic carbocycles. The maximum absolute atomic E-state index is 5.69. The number of nitrogen functional groups attached to an aromatic ring is 1. The smallest absolute Gasteiger partial charge is 0.136 e. The quantitative estimate of drug-likeness (QED) is 0.698. The van der Waals surface area contributed by atoms with Gasteiger partial charge in [0.2, 0.25) is 0 Å². The maximum atomic E-state index is 5.69. The standard InChI is InChI=1S/C10H13NOS/c1-10(12-6-7-13-10)8-2-4-9(11)5-3-8/h2-5H,6-7,11H2,1H3. The van der Waals surface area contributed by atoms with Gasteiger partial charge in [-0.25, -0.2) is 0 Å². The Morgan fingerprint density at radius 1 is 1.38 bits per heavy atom. The number of hydrogen-bond acceptors (Lipinski definition) is 3. The zero-order valence-corrected chi connectivity index (χ0v) is 8.43. The van der Waals surface area contributed by atoms with Crippen LogP contribution in [0.5, 0.6) is 0 Å². The topological polar surface area (TPSA) is 35.2 Å². The van der Waals surface area contributed by atoms with Crippen LogP contribution in [0, 0.1) is 0 Å². The highest BCUT2D eigenvalue weighted by Crippen LogP contribution is 2.41. The summed E-state index contributed by atoms with van der Waals surface area (Å²) in [6.07, 6.45) is 0. The first kappa shape index (κ1) is 8.91. The van der Waals surface area contributed by atoms with Gasteiger partial charge < -0.3 is 10.5 Å². The fraction of sp³-hybridized carbons (Fsp3) is 0.400. The number of anilines is 1. The van der Waals surface area contributed by atoms with E-state index in [1.54, 1.807) is 0 Å². The molecule has 1 aliphatic heterocycles. The number of hydrogen-bond donors (Lipinski definition) is 1. The van der Waals surface area contributed by atoms with Gasteiger partial charge >= 0.3 is 0 Å². The molecule has 1 saturated heterocycles. The largest absolute Gasteiger partial charge is 0.399 e. The lowest BCUT2D eigenvalue weighted by molar-refractivity contribution is 0.0644. The van der Waals surface area contributed by atoms with Crippen molar-refractivity contribution in [2.24, 2.45) is 0 Å². The SMILES string of the molecule is CC1(c2ccc(N)cc2)OCCS1. The summed E-state index contributed by atoms with van der Waals surface area (Å²) >= 11 is 1.84. The Hall–Kier alpha value is -0.670. The van der Waals surface area contributed by atoms with E-state index >= 15 is 0 Å². The monoisotopic (exact) mass is 195 g/mol. The Balaban J connectivity index is 2.29. The van der Waals surface area contributed by atoms with Gasteiger partial charge in [-0.15, -0.1) is 11.8 Å². The molecule has 0 radical (unpaired) electrons. The van der Waals surface area contributed by atoms with Gasteiger partial charge in [-0.2, -0.15) is 0 Å². The minimum atomic E-state index is -0.159. The molecule has 13 heavy (non-hydrogen) atoms. The molecule has 1 fully saturated rings. The second-order valence-corrected chi connectivity index (χ2v) is 4.74. The minimum absolute atomic E-state index is 0.159. The molecule has 0 spiro atoms. The summed E-state index contributed by atoms with van der Waals surface area (Å²) in [5.41, 5.74) is 7.62. The fourth-order valence-electron chi connectivity index (χ4n) is 1.47. The van der Waals surface area contributed by atoms with Crippen molar-refractivity contribution in [1.29, 1.82) is 0 Å². The molecule has 0 aliphatic carbocycles. The number of thioether (sulfide) groups is 1. The summed E-state index contributed by atoms with van der Waals surface area (Å²) in [4.78, 5) is -0.159. The third kappa shape index (κ3) is 1.67. The first-order chi connectivity index (χ1) is 6.21. The second-order valence-electron chi connectivity index (χ2n) is 3.26. The highest BCUT2D eigenvalue weighted by Gasteiger charge is 2.32. The van der Waals surface area contributed by atoms with Gasteiger partial charge in [-0.05, 0) is 24.6 Å². The van der Waals surface area contributed by atoms with Gasteiger partial charge in [0.1, 0.15) is 4.93 Å². The van der Waals surface area contributed by atoms with E-state index < -0.39 is 0 Å². The molecule has 1 heterocycles. The molecule has 70 valence electrons. The van der Waals surface area contributed by atoms with Gasteiger partial charge in [-0.1, -0.05) is 12.1 Å². The van der Waals surface area contributed by atoms with E-state index in [9.17, 15) is 0 Å². The molecule has 2 rings (SSSR count). The normalized spacial score (nSPS) is 27.8. The summed E-state index contributed by atoms with van der Waals surface area (Å²) in [6, 6.07) is 7.91. The molecule has 2 nitrogen and oxygen atoms in total. The molecular weight excluding hydrogens is 182 g/mol. The molecule has 1 aliphatic rings. The van der Waals surface area contributed by atoms with Crippen LogP contribution in [0.2, 0.25) is 0 Å². The van der Waals surface area contributed by atoms with Crippen LogP contribution in [-0.4, -0.2) is 12.4 Å². The molecule has 0 saturated carbocycles. The first-order valence-electron chi connectivity index (χ1n) is 4.35. The van der Waals surface area contributed by atoms with E-state index in [-0.39, 0.29) is 4.93 Å². The Morgan fingerprint density at radius 2 is 2.08 bits per heavy atom. The Morgan fingerprint density at radius 3 is 2.62 bits per heavy atom. The third-order valence-corrected chi connectivity index (χ3v) is 3.55. The van der Waals surface area contributed by atoms with Gasteiger partial charge in [0.15, 0.2) is 0 Å². The van der Waals surface area contributed by atoms with Crippen LogP contribution in [0.4, 0.5) is 5.69 Å². The van der Waals surface area contributed by atoms with E-state index in [4.69, 9.17) is 10.5 Å². The Kier molecular flexibility index (Phi) is 2.22. The van der Waals surface area contributed by atoms with Crippen molar-refractivity contribution in [3.63, 3.8) is 0 Å². The molecule has 2 N–H and O–H groups in total. The van der Waals surface area contributed by atoms with E-state index in [2.05, 4.69) is 6.92 Å². The molecule has 0 amide bonds. The van der Waals surface area contributed by atoms with Crippen LogP contribution >= 0.6 is 11.8 Å². The van der Waals surface area contributed by atoms with Crippen molar-refractivity contribution >= 4 is 17.4 Å². The molecular formula is C10H13NOS. The maximum Gasteiger partial charge on any atom is 0.136 e. The van der Waals surface area contributed by atoms with Crippen molar-refractivity contribution in [3.8, 4) is 0 Å². The lowest BCUT2D eigenvalue weighted by atomic mass is 10.1. The lowest BCUT2D eigenvalue weighted by Gasteiger charge is -2.22. The van der Waals surface area contributed by atoms with Crippen LogP contribution in [0.15, 0.2) is 24.3 Å². The highest BCUT2D eigenvalue weighted by molar-refractivity contribution is 8.00. The van der Waals surface area contributed by atoms with Crippen molar-refractivity contribution in [3.05, 3.63) is 29.8 Å². The lowest BCUT2D eigenvalue weighted by Crippen LogP contribution is -2.15. The fourth-order valence-corrected chi connectivity index (χ4v) is 2.49. The van der Waals surface area contributed by atoms with E-state index in [0.717, 1.165) is 18.0 Å². The van der Waals surface area contributed by atoms with Gasteiger partial charge in [-0.3, -0.25) is 0 Å². The second kappa shape index (κ2) is 3.24. The Bertz CT molecular complexity index is 290. The molecule has 0 aromatic heterocycles. The average Bonchev–Trinajstić information content (AvgIpc) is 2.54. The van der Waals surface area contributed by atoms with E-state index in [0.29, 0.717) is 0 Å². The first-order valence-corrected chi connectivity index (χ1v) is 5.33. The number of nitrogens with two attached hydrogens (primary N) is 1. The molecule has 1 aromatic rings. The average molecular weight is 195 g/mol. The summed E-state index contributed by atoms with van der Waals surface area (Å²) in [6.45, 7) is 2.95. The zero-order valence-electron chi connectivity index (χ0n) is 7.62.